The maximum absolute atomic E-state index is 6.01. The Morgan fingerprint density at radius 3 is 1.18 bits per heavy atom. The van der Waals surface area contributed by atoms with Crippen LogP contribution in [0.3, 0.4) is 0 Å². The monoisotopic (exact) mass is 444 g/mol. The fourth-order valence-electron chi connectivity index (χ4n) is 4.13. The van der Waals surface area contributed by atoms with Gasteiger partial charge in [0.05, 0.1) is 0 Å². The van der Waals surface area contributed by atoms with Gasteiger partial charge in [0.1, 0.15) is 11.5 Å². The Hall–Kier alpha value is -3.80. The van der Waals surface area contributed by atoms with Gasteiger partial charge in [-0.2, -0.15) is 0 Å². The average Bonchev–Trinajstić information content (AvgIpc) is 2.90. The molecule has 0 atom stereocenters. The van der Waals surface area contributed by atoms with Crippen molar-refractivity contribution in [1.82, 2.24) is 0 Å². The van der Waals surface area contributed by atoms with Crippen molar-refractivity contribution >= 4 is 28.6 Å². The van der Waals surface area contributed by atoms with Gasteiger partial charge in [-0.3, -0.25) is 0 Å². The predicted molar refractivity (Wildman–Crippen MR) is 143 cm³/mol. The minimum atomic E-state index is -2.02. The zero-order valence-electron chi connectivity index (χ0n) is 18.3. The summed E-state index contributed by atoms with van der Waals surface area (Å²) >= 11 is 0. The number of benzene rings is 5. The molecule has 0 unspecified atom stereocenters. The summed E-state index contributed by atoms with van der Waals surface area (Å²) in [6.07, 6.45) is 0. The molecular weight excluding hydrogens is 419 g/mol. The summed E-state index contributed by atoms with van der Waals surface area (Å²) in [6, 6.07) is 51.0. The fourth-order valence-corrected chi connectivity index (χ4v) is 8.02. The maximum atomic E-state index is 6.01. The minimum absolute atomic E-state index is 0.835. The molecule has 5 aromatic rings. The number of hydrogen-bond acceptors (Lipinski definition) is 1. The van der Waals surface area contributed by atoms with Crippen molar-refractivity contribution in [1.29, 1.82) is 0 Å². The van der Waals surface area contributed by atoms with Gasteiger partial charge < -0.3 is 4.74 Å². The van der Waals surface area contributed by atoms with E-state index in [9.17, 15) is 0 Å². The second kappa shape index (κ2) is 9.77. The molecule has 0 amide bonds. The first-order chi connectivity index (χ1) is 16.3. The van der Waals surface area contributed by atoms with Gasteiger partial charge in [0.2, 0.25) is 0 Å². The molecule has 0 saturated carbocycles. The highest BCUT2D eigenvalue weighted by molar-refractivity contribution is 7.94. The van der Waals surface area contributed by atoms with Crippen LogP contribution in [0.4, 0.5) is 0 Å². The molecule has 5 aromatic carbocycles. The first-order valence-corrected chi connectivity index (χ1v) is 12.9. The van der Waals surface area contributed by atoms with Gasteiger partial charge in [-0.1, -0.05) is 121 Å². The number of hydrogen-bond donors (Lipinski definition) is 0. The van der Waals surface area contributed by atoms with E-state index in [1.807, 2.05) is 30.3 Å². The van der Waals surface area contributed by atoms with Crippen LogP contribution in [0.1, 0.15) is 5.56 Å². The third-order valence-electron chi connectivity index (χ3n) is 5.69. The molecule has 0 bridgehead atoms. The summed E-state index contributed by atoms with van der Waals surface area (Å²) in [5.74, 6) is 4.15. The zero-order chi connectivity index (χ0) is 22.3. The van der Waals surface area contributed by atoms with E-state index in [1.165, 1.54) is 21.5 Å². The topological polar surface area (TPSA) is 9.23 Å². The summed E-state index contributed by atoms with van der Waals surface area (Å²) in [4.78, 5) is 0. The summed E-state index contributed by atoms with van der Waals surface area (Å²) in [5.41, 5.74) is 1.18. The maximum Gasteiger partial charge on any atom is 0.127 e. The van der Waals surface area contributed by atoms with Gasteiger partial charge in [0.25, 0.3) is 0 Å². The summed E-state index contributed by atoms with van der Waals surface area (Å²) < 4.78 is 6.01. The van der Waals surface area contributed by atoms with Crippen LogP contribution in [0.25, 0.3) is 0 Å². The molecule has 0 aromatic heterocycles. The van der Waals surface area contributed by atoms with Gasteiger partial charge in [-0.05, 0) is 58.4 Å². The lowest BCUT2D eigenvalue weighted by atomic mass is 10.2. The van der Waals surface area contributed by atoms with E-state index in [0.717, 1.165) is 11.5 Å². The Bertz CT molecular complexity index is 1240. The van der Waals surface area contributed by atoms with Gasteiger partial charge in [0.15, 0.2) is 0 Å². The van der Waals surface area contributed by atoms with E-state index in [4.69, 9.17) is 4.74 Å². The second-order valence-electron chi connectivity index (χ2n) is 7.84. The fraction of sp³-hybridized carbons (Fsp3) is 0. The zero-order valence-corrected chi connectivity index (χ0v) is 19.2. The number of ether oxygens (including phenoxy) is 1. The standard InChI is InChI=1S/C31H25OP/c1-5-13-27(14-6-1)32-28-23-21-26(22-24-28)25-33(29-15-7-2-8-16-29,30-17-9-3-10-18-30)31-19-11-4-12-20-31/h1-25H. The molecule has 33 heavy (non-hydrogen) atoms. The van der Waals surface area contributed by atoms with Crippen LogP contribution in [0.15, 0.2) is 146 Å². The molecule has 0 aliphatic heterocycles. The van der Waals surface area contributed by atoms with E-state index in [2.05, 4.69) is 121 Å². The van der Waals surface area contributed by atoms with E-state index in [1.54, 1.807) is 0 Å². The molecule has 1 nitrogen and oxygen atoms in total. The normalized spacial score (nSPS) is 11.0. The van der Waals surface area contributed by atoms with Crippen molar-refractivity contribution < 1.29 is 4.74 Å². The van der Waals surface area contributed by atoms with Crippen LogP contribution in [0.5, 0.6) is 11.5 Å². The molecule has 2 heteroatoms. The smallest absolute Gasteiger partial charge is 0.127 e. The first-order valence-electron chi connectivity index (χ1n) is 11.1. The highest BCUT2D eigenvalue weighted by atomic mass is 31.2. The van der Waals surface area contributed by atoms with Crippen LogP contribution in [-0.2, 0) is 0 Å². The lowest BCUT2D eigenvalue weighted by molar-refractivity contribution is 0.482. The van der Waals surface area contributed by atoms with Gasteiger partial charge in [0, 0.05) is 0 Å². The summed E-state index contributed by atoms with van der Waals surface area (Å²) in [7, 11) is 0. The molecule has 0 aliphatic rings. The van der Waals surface area contributed by atoms with Crippen LogP contribution in [0.2, 0.25) is 0 Å². The lowest BCUT2D eigenvalue weighted by Crippen LogP contribution is -2.27. The number of rotatable bonds is 6. The Balaban J connectivity index is 1.68. The van der Waals surface area contributed by atoms with Crippen LogP contribution in [0, 0.1) is 0 Å². The van der Waals surface area contributed by atoms with Gasteiger partial charge in [-0.15, -0.1) is 0 Å². The predicted octanol–water partition coefficient (Wildman–Crippen LogP) is 6.62. The molecule has 0 saturated heterocycles. The molecule has 0 fully saturated rings. The largest absolute Gasteiger partial charge is 0.457 e. The SMILES string of the molecule is C(c1ccc(Oc2ccccc2)cc1)=P(c1ccccc1)(c1ccccc1)c1ccccc1. The highest BCUT2D eigenvalue weighted by Gasteiger charge is 2.24. The molecule has 5 rings (SSSR count). The van der Waals surface area contributed by atoms with Crippen molar-refractivity contribution in [3.05, 3.63) is 151 Å². The summed E-state index contributed by atoms with van der Waals surface area (Å²) in [5, 5.41) is 4.02. The molecule has 0 radical (unpaired) electrons. The Kier molecular flexibility index (Phi) is 6.24. The Labute approximate surface area is 195 Å². The van der Waals surface area contributed by atoms with Gasteiger partial charge >= 0.3 is 0 Å². The van der Waals surface area contributed by atoms with Crippen LogP contribution < -0.4 is 20.7 Å². The van der Waals surface area contributed by atoms with Crippen molar-refractivity contribution in [3.8, 4) is 11.5 Å². The van der Waals surface area contributed by atoms with Crippen LogP contribution >= 0.6 is 6.89 Å². The molecular formula is C31H25OP. The highest BCUT2D eigenvalue weighted by Crippen LogP contribution is 2.44. The molecule has 160 valence electrons. The van der Waals surface area contributed by atoms with E-state index >= 15 is 0 Å². The van der Waals surface area contributed by atoms with Crippen molar-refractivity contribution in [2.75, 3.05) is 0 Å². The van der Waals surface area contributed by atoms with E-state index in [0.29, 0.717) is 0 Å². The summed E-state index contributed by atoms with van der Waals surface area (Å²) in [6.45, 7) is -2.02. The van der Waals surface area contributed by atoms with Crippen LogP contribution in [-0.4, -0.2) is 5.80 Å². The molecule has 0 heterocycles. The second-order valence-corrected chi connectivity index (χ2v) is 11.1. The first kappa shape index (κ1) is 21.1. The Morgan fingerprint density at radius 2 is 0.758 bits per heavy atom. The average molecular weight is 445 g/mol. The van der Waals surface area contributed by atoms with Crippen molar-refractivity contribution in [3.63, 3.8) is 0 Å². The minimum Gasteiger partial charge on any atom is -0.457 e. The molecule has 0 spiro atoms. The Morgan fingerprint density at radius 1 is 0.394 bits per heavy atom. The van der Waals surface area contributed by atoms with Crippen molar-refractivity contribution in [2.45, 2.75) is 0 Å². The third-order valence-corrected chi connectivity index (χ3v) is 9.72. The number of para-hydroxylation sites is 1. The molecule has 0 aliphatic carbocycles. The van der Waals surface area contributed by atoms with Gasteiger partial charge in [-0.25, -0.2) is 0 Å². The van der Waals surface area contributed by atoms with Crippen molar-refractivity contribution in [2.24, 2.45) is 0 Å². The third kappa shape index (κ3) is 4.55. The van der Waals surface area contributed by atoms with E-state index in [-0.39, 0.29) is 0 Å². The quantitative estimate of drug-likeness (QED) is 0.267. The van der Waals surface area contributed by atoms with E-state index < -0.39 is 6.89 Å². The molecule has 0 N–H and O–H groups in total. The lowest BCUT2D eigenvalue weighted by Gasteiger charge is -2.29.